The van der Waals surface area contributed by atoms with E-state index in [1.165, 1.54) is 0 Å². The minimum Gasteiger partial charge on any atom is -0.497 e. The fourth-order valence-corrected chi connectivity index (χ4v) is 2.96. The van der Waals surface area contributed by atoms with Crippen LogP contribution >= 0.6 is 0 Å². The largest absolute Gasteiger partial charge is 0.497 e. The Kier molecular flexibility index (Phi) is 7.19. The van der Waals surface area contributed by atoms with Crippen molar-refractivity contribution in [3.8, 4) is 5.75 Å². The third kappa shape index (κ3) is 5.68. The molecular formula is C24H25N3O3. The zero-order chi connectivity index (χ0) is 21.3. The highest BCUT2D eigenvalue weighted by Gasteiger charge is 2.14. The molecule has 0 spiro atoms. The SMILES string of the molecule is COc1ccc(NC(=O)c2ccccc2NC(=O)CN[C@@H](C)c2ccccc2)cc1. The second kappa shape index (κ2) is 10.2. The Balaban J connectivity index is 1.61. The first-order valence-corrected chi connectivity index (χ1v) is 9.69. The monoisotopic (exact) mass is 403 g/mol. The van der Waals surface area contributed by atoms with E-state index in [9.17, 15) is 9.59 Å². The molecule has 3 rings (SSSR count). The Morgan fingerprint density at radius 1 is 0.867 bits per heavy atom. The average Bonchev–Trinajstić information content (AvgIpc) is 2.79. The van der Waals surface area contributed by atoms with Crippen LogP contribution in [0.4, 0.5) is 11.4 Å². The van der Waals surface area contributed by atoms with Gasteiger partial charge in [0.1, 0.15) is 5.75 Å². The second-order valence-corrected chi connectivity index (χ2v) is 6.79. The molecule has 0 saturated carbocycles. The van der Waals surface area contributed by atoms with Crippen LogP contribution in [0.5, 0.6) is 5.75 Å². The average molecular weight is 403 g/mol. The molecule has 6 nitrogen and oxygen atoms in total. The number of hydrogen-bond donors (Lipinski definition) is 3. The highest BCUT2D eigenvalue weighted by molar-refractivity contribution is 6.10. The Bertz CT molecular complexity index is 988. The van der Waals surface area contributed by atoms with Gasteiger partial charge in [-0.05, 0) is 48.9 Å². The van der Waals surface area contributed by atoms with Crippen LogP contribution in [0.25, 0.3) is 0 Å². The number of methoxy groups -OCH3 is 1. The zero-order valence-electron chi connectivity index (χ0n) is 17.0. The van der Waals surface area contributed by atoms with Gasteiger partial charge >= 0.3 is 0 Å². The number of amides is 2. The molecule has 6 heteroatoms. The summed E-state index contributed by atoms with van der Waals surface area (Å²) < 4.78 is 5.12. The van der Waals surface area contributed by atoms with Crippen molar-refractivity contribution in [3.05, 3.63) is 90.0 Å². The van der Waals surface area contributed by atoms with Crippen molar-refractivity contribution in [2.75, 3.05) is 24.3 Å². The minimum absolute atomic E-state index is 0.0329. The predicted octanol–water partition coefficient (Wildman–Crippen LogP) is 4.24. The highest BCUT2D eigenvalue weighted by atomic mass is 16.5. The number of ether oxygens (including phenoxy) is 1. The molecule has 1 atom stereocenters. The molecule has 0 saturated heterocycles. The molecule has 0 heterocycles. The lowest BCUT2D eigenvalue weighted by Gasteiger charge is -2.15. The van der Waals surface area contributed by atoms with Crippen LogP contribution in [0.15, 0.2) is 78.9 Å². The van der Waals surface area contributed by atoms with Crippen LogP contribution in [-0.4, -0.2) is 25.5 Å². The maximum Gasteiger partial charge on any atom is 0.257 e. The predicted molar refractivity (Wildman–Crippen MR) is 119 cm³/mol. The van der Waals surface area contributed by atoms with Crippen LogP contribution in [0.3, 0.4) is 0 Å². The van der Waals surface area contributed by atoms with Gasteiger partial charge in [-0.2, -0.15) is 0 Å². The molecule has 154 valence electrons. The van der Waals surface area contributed by atoms with Crippen molar-refractivity contribution in [1.82, 2.24) is 5.32 Å². The summed E-state index contributed by atoms with van der Waals surface area (Å²) in [6.07, 6.45) is 0. The quantitative estimate of drug-likeness (QED) is 0.526. The van der Waals surface area contributed by atoms with E-state index in [0.29, 0.717) is 22.7 Å². The number of anilines is 2. The molecule has 3 aromatic carbocycles. The van der Waals surface area contributed by atoms with Crippen LogP contribution < -0.4 is 20.7 Å². The van der Waals surface area contributed by atoms with Gasteiger partial charge in [0.2, 0.25) is 5.91 Å². The number of rotatable bonds is 8. The third-order valence-electron chi connectivity index (χ3n) is 4.66. The van der Waals surface area contributed by atoms with E-state index in [1.807, 2.05) is 37.3 Å². The second-order valence-electron chi connectivity index (χ2n) is 6.79. The summed E-state index contributed by atoms with van der Waals surface area (Å²) in [6, 6.07) is 23.9. The Labute approximate surface area is 176 Å². The van der Waals surface area contributed by atoms with Crippen LogP contribution in [0, 0.1) is 0 Å². The van der Waals surface area contributed by atoms with E-state index in [1.54, 1.807) is 55.6 Å². The summed E-state index contributed by atoms with van der Waals surface area (Å²) >= 11 is 0. The number of nitrogens with one attached hydrogen (secondary N) is 3. The van der Waals surface area contributed by atoms with Crippen molar-refractivity contribution in [1.29, 1.82) is 0 Å². The molecule has 2 amide bonds. The summed E-state index contributed by atoms with van der Waals surface area (Å²) in [6.45, 7) is 2.13. The van der Waals surface area contributed by atoms with Crippen LogP contribution in [0.1, 0.15) is 28.9 Å². The summed E-state index contributed by atoms with van der Waals surface area (Å²) in [5, 5.41) is 8.85. The molecule has 0 aliphatic carbocycles. The number of para-hydroxylation sites is 1. The summed E-state index contributed by atoms with van der Waals surface area (Å²) in [5.41, 5.74) is 2.59. The fraction of sp³-hybridized carbons (Fsp3) is 0.167. The first-order valence-electron chi connectivity index (χ1n) is 9.69. The van der Waals surface area contributed by atoms with Crippen LogP contribution in [-0.2, 0) is 4.79 Å². The van der Waals surface area contributed by atoms with Gasteiger partial charge < -0.3 is 20.7 Å². The smallest absolute Gasteiger partial charge is 0.257 e. The summed E-state index contributed by atoms with van der Waals surface area (Å²) in [7, 11) is 1.59. The summed E-state index contributed by atoms with van der Waals surface area (Å²) in [5.74, 6) is 0.182. The third-order valence-corrected chi connectivity index (χ3v) is 4.66. The van der Waals surface area contributed by atoms with Crippen molar-refractivity contribution in [2.24, 2.45) is 0 Å². The van der Waals surface area contributed by atoms with Gasteiger partial charge in [-0.1, -0.05) is 42.5 Å². The van der Waals surface area contributed by atoms with Gasteiger partial charge in [-0.15, -0.1) is 0 Å². The lowest BCUT2D eigenvalue weighted by atomic mass is 10.1. The topological polar surface area (TPSA) is 79.5 Å². The molecule has 3 N–H and O–H groups in total. The molecular weight excluding hydrogens is 378 g/mol. The van der Waals surface area contributed by atoms with Crippen molar-refractivity contribution in [3.63, 3.8) is 0 Å². The fourth-order valence-electron chi connectivity index (χ4n) is 2.96. The van der Waals surface area contributed by atoms with E-state index < -0.39 is 0 Å². The Morgan fingerprint density at radius 2 is 1.53 bits per heavy atom. The first kappa shape index (κ1) is 21.1. The minimum atomic E-state index is -0.304. The molecule has 0 bridgehead atoms. The number of carbonyl (C=O) groups is 2. The van der Waals surface area contributed by atoms with Gasteiger partial charge in [0.15, 0.2) is 0 Å². The van der Waals surface area contributed by atoms with Crippen LogP contribution in [0.2, 0.25) is 0 Å². The van der Waals surface area contributed by atoms with E-state index in [-0.39, 0.29) is 24.4 Å². The first-order chi connectivity index (χ1) is 14.6. The van der Waals surface area contributed by atoms with Crippen molar-refractivity contribution < 1.29 is 14.3 Å². The van der Waals surface area contributed by atoms with Gasteiger partial charge in [-0.3, -0.25) is 9.59 Å². The lowest BCUT2D eigenvalue weighted by molar-refractivity contribution is -0.115. The van der Waals surface area contributed by atoms with Gasteiger partial charge in [0.25, 0.3) is 5.91 Å². The molecule has 0 aliphatic rings. The molecule has 0 fully saturated rings. The highest BCUT2D eigenvalue weighted by Crippen LogP contribution is 2.19. The van der Waals surface area contributed by atoms with E-state index in [2.05, 4.69) is 16.0 Å². The normalized spacial score (nSPS) is 11.4. The number of benzene rings is 3. The van der Waals surface area contributed by atoms with Crippen molar-refractivity contribution in [2.45, 2.75) is 13.0 Å². The van der Waals surface area contributed by atoms with Crippen molar-refractivity contribution >= 4 is 23.2 Å². The Hall–Kier alpha value is -3.64. The Morgan fingerprint density at radius 3 is 2.23 bits per heavy atom. The number of hydrogen-bond acceptors (Lipinski definition) is 4. The molecule has 0 aromatic heterocycles. The lowest BCUT2D eigenvalue weighted by Crippen LogP contribution is -2.30. The van der Waals surface area contributed by atoms with E-state index >= 15 is 0 Å². The molecule has 0 aliphatic heterocycles. The van der Waals surface area contributed by atoms with Gasteiger partial charge in [-0.25, -0.2) is 0 Å². The van der Waals surface area contributed by atoms with Gasteiger partial charge in [0, 0.05) is 11.7 Å². The maximum atomic E-state index is 12.7. The maximum absolute atomic E-state index is 12.7. The number of carbonyl (C=O) groups excluding carboxylic acids is 2. The zero-order valence-corrected chi connectivity index (χ0v) is 17.0. The molecule has 3 aromatic rings. The standard InChI is InChI=1S/C24H25N3O3/c1-17(18-8-4-3-5-9-18)25-16-23(28)27-22-11-7-6-10-21(22)24(29)26-19-12-14-20(30-2)15-13-19/h3-15,17,25H,16H2,1-2H3,(H,26,29)(H,27,28)/t17-/m0/s1. The van der Waals surface area contributed by atoms with Gasteiger partial charge in [0.05, 0.1) is 24.9 Å². The van der Waals surface area contributed by atoms with E-state index in [4.69, 9.17) is 4.74 Å². The molecule has 30 heavy (non-hydrogen) atoms. The summed E-state index contributed by atoms with van der Waals surface area (Å²) in [4.78, 5) is 25.1. The molecule has 0 unspecified atom stereocenters. The van der Waals surface area contributed by atoms with E-state index in [0.717, 1.165) is 5.56 Å². The molecule has 0 radical (unpaired) electrons.